The molecule has 0 aromatic carbocycles. The molecule has 1 amide bonds. The summed E-state index contributed by atoms with van der Waals surface area (Å²) in [6.45, 7) is 0.350. The third-order valence-electron chi connectivity index (χ3n) is 3.12. The highest BCUT2D eigenvalue weighted by Gasteiger charge is 2.47. The molecule has 1 aliphatic heterocycles. The van der Waals surface area contributed by atoms with Crippen molar-refractivity contribution in [2.24, 2.45) is 5.92 Å². The van der Waals surface area contributed by atoms with Crippen LogP contribution in [0.4, 0.5) is 13.2 Å². The molecule has 2 rings (SSSR count). The zero-order valence-electron chi connectivity index (χ0n) is 9.50. The molecule has 2 radical (unpaired) electrons. The van der Waals surface area contributed by atoms with E-state index in [1.807, 2.05) is 0 Å². The smallest absolute Gasteiger partial charge is 0.355 e. The first kappa shape index (κ1) is 13.0. The topological polar surface area (TPSA) is 29.1 Å². The lowest BCUT2D eigenvalue weighted by Crippen LogP contribution is -2.28. The summed E-state index contributed by atoms with van der Waals surface area (Å²) in [5.41, 5.74) is 0.443. The molecule has 6 heteroatoms. The van der Waals surface area contributed by atoms with Crippen LogP contribution in [0.2, 0.25) is 5.31 Å². The average molecular weight is 253 g/mol. The third kappa shape index (κ3) is 2.37. The number of nitrogens with one attached hydrogen (secondary N) is 1. The minimum Gasteiger partial charge on any atom is -0.355 e. The minimum absolute atomic E-state index is 0.152. The molecule has 2 unspecified atom stereocenters. The molecule has 1 saturated heterocycles. The second-order valence-corrected chi connectivity index (χ2v) is 4.50. The van der Waals surface area contributed by atoms with Crippen LogP contribution in [0, 0.1) is 5.92 Å². The fraction of sp³-hybridized carbons (Fsp3) is 0.417. The molecule has 1 aliphatic carbocycles. The number of hydrogen-bond acceptors (Lipinski definition) is 1. The zero-order chi connectivity index (χ0) is 13.4. The Hall–Kier alpha value is -1.46. The van der Waals surface area contributed by atoms with E-state index in [9.17, 15) is 18.0 Å². The Morgan fingerprint density at radius 2 is 2.11 bits per heavy atom. The van der Waals surface area contributed by atoms with Crippen LogP contribution >= 0.6 is 0 Å². The highest BCUT2D eigenvalue weighted by atomic mass is 19.4. The molecule has 0 aromatic heterocycles. The van der Waals surface area contributed by atoms with E-state index in [1.165, 1.54) is 12.2 Å². The van der Waals surface area contributed by atoms with Crippen molar-refractivity contribution in [3.05, 3.63) is 36.0 Å². The van der Waals surface area contributed by atoms with E-state index >= 15 is 0 Å². The van der Waals surface area contributed by atoms with Crippen LogP contribution in [0.1, 0.15) is 6.42 Å². The van der Waals surface area contributed by atoms with Gasteiger partial charge in [0.2, 0.25) is 5.91 Å². The molecule has 0 aromatic rings. The second kappa shape index (κ2) is 4.33. The van der Waals surface area contributed by atoms with Crippen LogP contribution in [-0.4, -0.2) is 26.5 Å². The van der Waals surface area contributed by atoms with Crippen molar-refractivity contribution in [3.63, 3.8) is 0 Å². The van der Waals surface area contributed by atoms with Crippen molar-refractivity contribution < 1.29 is 18.0 Å². The van der Waals surface area contributed by atoms with Gasteiger partial charge in [0.25, 0.3) is 0 Å². The van der Waals surface area contributed by atoms with Crippen LogP contribution in [0.25, 0.3) is 0 Å². The van der Waals surface area contributed by atoms with E-state index in [2.05, 4.69) is 5.32 Å². The molecule has 2 atom stereocenters. The van der Waals surface area contributed by atoms with Gasteiger partial charge in [-0.05, 0) is 5.57 Å². The number of hydrogen-bond donors (Lipinski definition) is 1. The van der Waals surface area contributed by atoms with Crippen molar-refractivity contribution in [1.82, 2.24) is 5.32 Å². The van der Waals surface area contributed by atoms with Gasteiger partial charge in [-0.1, -0.05) is 30.4 Å². The SMILES string of the molecule is [B]C1(C(F)(F)F)C=CC=CC(C2CNC(=O)C2)=C1. The predicted octanol–water partition coefficient (Wildman–Crippen LogP) is 2.06. The number of allylic oxidation sites excluding steroid dienone is 5. The summed E-state index contributed by atoms with van der Waals surface area (Å²) in [5.74, 6) is -0.403. The normalized spacial score (nSPS) is 32.1. The zero-order valence-corrected chi connectivity index (χ0v) is 9.50. The Kier molecular flexibility index (Phi) is 3.13. The molecule has 18 heavy (non-hydrogen) atoms. The van der Waals surface area contributed by atoms with Crippen molar-refractivity contribution in [2.75, 3.05) is 6.54 Å². The summed E-state index contributed by atoms with van der Waals surface area (Å²) in [4.78, 5) is 11.1. The molecular formula is C12H11BF3NO. The fourth-order valence-electron chi connectivity index (χ4n) is 2.02. The van der Waals surface area contributed by atoms with Gasteiger partial charge in [-0.2, -0.15) is 13.2 Å². The number of halogens is 3. The molecule has 2 nitrogen and oxygen atoms in total. The van der Waals surface area contributed by atoms with Crippen LogP contribution in [0.3, 0.4) is 0 Å². The van der Waals surface area contributed by atoms with Crippen LogP contribution in [-0.2, 0) is 4.79 Å². The van der Waals surface area contributed by atoms with E-state index in [1.54, 1.807) is 6.08 Å². The van der Waals surface area contributed by atoms with Gasteiger partial charge in [0.1, 0.15) is 0 Å². The minimum atomic E-state index is -4.56. The number of alkyl halides is 3. The van der Waals surface area contributed by atoms with Crippen molar-refractivity contribution in [3.8, 4) is 0 Å². The highest BCUT2D eigenvalue weighted by Crippen LogP contribution is 2.47. The summed E-state index contributed by atoms with van der Waals surface area (Å²) in [6.07, 6.45) is 1.91. The van der Waals surface area contributed by atoms with E-state index in [0.29, 0.717) is 12.1 Å². The summed E-state index contributed by atoms with van der Waals surface area (Å²) in [5, 5.41) is 0.123. The number of amides is 1. The van der Waals surface area contributed by atoms with E-state index < -0.39 is 11.5 Å². The fourth-order valence-corrected chi connectivity index (χ4v) is 2.02. The van der Waals surface area contributed by atoms with Gasteiger partial charge in [0, 0.05) is 18.9 Å². The van der Waals surface area contributed by atoms with Gasteiger partial charge >= 0.3 is 6.18 Å². The lowest BCUT2D eigenvalue weighted by Gasteiger charge is -2.27. The Balaban J connectivity index is 2.33. The lowest BCUT2D eigenvalue weighted by atomic mass is 9.66. The van der Waals surface area contributed by atoms with Crippen LogP contribution in [0.15, 0.2) is 36.0 Å². The quantitative estimate of drug-likeness (QED) is 0.712. The van der Waals surface area contributed by atoms with Crippen molar-refractivity contribution in [2.45, 2.75) is 17.9 Å². The molecule has 0 bridgehead atoms. The molecule has 0 saturated carbocycles. The van der Waals surface area contributed by atoms with Crippen molar-refractivity contribution in [1.29, 1.82) is 0 Å². The summed E-state index contributed by atoms with van der Waals surface area (Å²) in [7, 11) is 5.40. The first-order valence-corrected chi connectivity index (χ1v) is 5.53. The van der Waals surface area contributed by atoms with Gasteiger partial charge in [0.05, 0.1) is 13.2 Å². The molecule has 2 aliphatic rings. The predicted molar refractivity (Wildman–Crippen MR) is 62.0 cm³/mol. The molecule has 1 heterocycles. The molecular weight excluding hydrogens is 242 g/mol. The first-order valence-electron chi connectivity index (χ1n) is 5.53. The number of carbonyl (C=O) groups excluding carboxylic acids is 1. The Morgan fingerprint density at radius 1 is 1.39 bits per heavy atom. The van der Waals surface area contributed by atoms with E-state index in [-0.39, 0.29) is 18.2 Å². The molecule has 0 spiro atoms. The maximum absolute atomic E-state index is 12.9. The van der Waals surface area contributed by atoms with Gasteiger partial charge in [-0.25, -0.2) is 0 Å². The van der Waals surface area contributed by atoms with Gasteiger partial charge in [-0.3, -0.25) is 4.79 Å². The largest absolute Gasteiger partial charge is 0.393 e. The Labute approximate surface area is 104 Å². The van der Waals surface area contributed by atoms with E-state index in [4.69, 9.17) is 7.85 Å². The molecule has 1 fully saturated rings. The van der Waals surface area contributed by atoms with Gasteiger partial charge < -0.3 is 5.32 Å². The maximum atomic E-state index is 12.9. The average Bonchev–Trinajstić information content (AvgIpc) is 2.57. The maximum Gasteiger partial charge on any atom is 0.393 e. The van der Waals surface area contributed by atoms with Gasteiger partial charge in [-0.15, -0.1) is 0 Å². The monoisotopic (exact) mass is 253 g/mol. The van der Waals surface area contributed by atoms with E-state index in [0.717, 1.165) is 12.2 Å². The summed E-state index contributed by atoms with van der Waals surface area (Å²) in [6, 6.07) is 0. The third-order valence-corrected chi connectivity index (χ3v) is 3.12. The second-order valence-electron chi connectivity index (χ2n) is 4.50. The summed E-state index contributed by atoms with van der Waals surface area (Å²) >= 11 is 0. The molecule has 1 N–H and O–H groups in total. The Morgan fingerprint density at radius 3 is 2.67 bits per heavy atom. The standard InChI is InChI=1S/C12H11BF3NO/c13-11(12(14,15)16)4-2-1-3-8(6-11)9-5-10(18)17-7-9/h1-4,6,9H,5,7H2,(H,17,18). The van der Waals surface area contributed by atoms with Crippen LogP contribution in [0.5, 0.6) is 0 Å². The summed E-state index contributed by atoms with van der Waals surface area (Å²) < 4.78 is 38.7. The Bertz CT molecular complexity index is 453. The lowest BCUT2D eigenvalue weighted by molar-refractivity contribution is -0.142. The van der Waals surface area contributed by atoms with Crippen LogP contribution < -0.4 is 5.32 Å². The highest BCUT2D eigenvalue weighted by molar-refractivity contribution is 6.19. The van der Waals surface area contributed by atoms with Crippen molar-refractivity contribution >= 4 is 13.8 Å². The number of carbonyl (C=O) groups is 1. The first-order chi connectivity index (χ1) is 8.32. The molecule has 94 valence electrons. The number of rotatable bonds is 1. The van der Waals surface area contributed by atoms with Gasteiger partial charge in [0.15, 0.2) is 0 Å².